The van der Waals surface area contributed by atoms with Crippen LogP contribution in [-0.4, -0.2) is 45.6 Å². The lowest BCUT2D eigenvalue weighted by molar-refractivity contribution is -0.130. The summed E-state index contributed by atoms with van der Waals surface area (Å²) in [6.45, 7) is 1.29. The molecule has 208 valence electrons. The van der Waals surface area contributed by atoms with Crippen LogP contribution in [0, 0.1) is 0 Å². The first kappa shape index (κ1) is 28.6. The average Bonchev–Trinajstić information content (AvgIpc) is 2.96. The number of hydrogen-bond donors (Lipinski definition) is 1. The number of hydrogen-bond acceptors (Lipinski definition) is 4. The molecule has 2 atom stereocenters. The van der Waals surface area contributed by atoms with Crippen LogP contribution in [0.2, 0.25) is 5.02 Å². The molecule has 0 aromatic heterocycles. The maximum absolute atomic E-state index is 13.7. The lowest BCUT2D eigenvalue weighted by atomic mass is 9.92. The molecule has 3 fully saturated rings. The van der Waals surface area contributed by atoms with Gasteiger partial charge in [0.05, 0.1) is 4.91 Å². The highest BCUT2D eigenvalue weighted by molar-refractivity contribution is 8.04. The Kier molecular flexibility index (Phi) is 10.4. The number of nitrogens with zero attached hydrogens (tertiary/aromatic N) is 1. The summed E-state index contributed by atoms with van der Waals surface area (Å²) in [5.74, 6) is 1.17. The van der Waals surface area contributed by atoms with Gasteiger partial charge in [0.1, 0.15) is 0 Å². The van der Waals surface area contributed by atoms with Crippen molar-refractivity contribution in [2.45, 2.75) is 87.3 Å². The lowest BCUT2D eigenvalue weighted by Gasteiger charge is -2.44. The first-order valence-electron chi connectivity index (χ1n) is 14.5. The highest BCUT2D eigenvalue weighted by atomic mass is 35.5. The predicted molar refractivity (Wildman–Crippen MR) is 166 cm³/mol. The molecule has 0 bridgehead atoms. The first-order chi connectivity index (χ1) is 19.1. The number of fused-ring (bicyclic) bond motifs is 1. The Morgan fingerprint density at radius 2 is 1.79 bits per heavy atom. The molecule has 0 radical (unpaired) electrons. The lowest BCUT2D eigenvalue weighted by Crippen LogP contribution is -2.50. The van der Waals surface area contributed by atoms with E-state index in [9.17, 15) is 9.59 Å². The highest BCUT2D eigenvalue weighted by Gasteiger charge is 2.40. The van der Waals surface area contributed by atoms with Crippen LogP contribution in [0.25, 0.3) is 6.08 Å². The topological polar surface area (TPSA) is 49.4 Å². The van der Waals surface area contributed by atoms with E-state index in [0.717, 1.165) is 46.3 Å². The van der Waals surface area contributed by atoms with Crippen molar-refractivity contribution in [3.8, 4) is 0 Å². The van der Waals surface area contributed by atoms with Gasteiger partial charge < -0.3 is 10.2 Å². The largest absolute Gasteiger partial charge is 0.352 e. The summed E-state index contributed by atoms with van der Waals surface area (Å²) in [5, 5.41) is 5.00. The maximum Gasteiger partial charge on any atom is 0.260 e. The van der Waals surface area contributed by atoms with Crippen LogP contribution >= 0.6 is 35.1 Å². The van der Waals surface area contributed by atoms with Gasteiger partial charge in [-0.25, -0.2) is 0 Å². The maximum atomic E-state index is 13.7. The van der Waals surface area contributed by atoms with Gasteiger partial charge >= 0.3 is 0 Å². The Labute approximate surface area is 246 Å². The van der Waals surface area contributed by atoms with E-state index in [-0.39, 0.29) is 17.9 Å². The summed E-state index contributed by atoms with van der Waals surface area (Å²) in [4.78, 5) is 29.2. The standard InChI is InChI=1S/C32H39ClN2O2S2/c33-26-9-6-8-24(20-26)22-35-28-12-4-5-13-29(28)39-30(32(35)37)21-23-14-16-25(17-15-23)31(36)34-18-7-19-38-27-10-2-1-3-11-27/h6,8-9,14-17,20-21,27-29H,1-5,7,10-13,18-19,22H2,(H,34,36)/b30-21+. The summed E-state index contributed by atoms with van der Waals surface area (Å²) in [6, 6.07) is 15.7. The van der Waals surface area contributed by atoms with Crippen molar-refractivity contribution >= 4 is 53.0 Å². The van der Waals surface area contributed by atoms with Gasteiger partial charge in [-0.15, -0.1) is 11.8 Å². The van der Waals surface area contributed by atoms with Gasteiger partial charge in [0, 0.05) is 40.2 Å². The Balaban J connectivity index is 1.18. The SMILES string of the molecule is O=C(NCCCSC1CCCCC1)c1ccc(/C=C2/SC3CCCCC3N(Cc3cccc(Cl)c3)C2=O)cc1. The van der Waals surface area contributed by atoms with Crippen LogP contribution in [0.3, 0.4) is 0 Å². The van der Waals surface area contributed by atoms with Crippen molar-refractivity contribution in [2.24, 2.45) is 0 Å². The zero-order valence-electron chi connectivity index (χ0n) is 22.6. The van der Waals surface area contributed by atoms with E-state index in [1.807, 2.05) is 54.6 Å². The van der Waals surface area contributed by atoms with Gasteiger partial charge in [-0.3, -0.25) is 9.59 Å². The van der Waals surface area contributed by atoms with Crippen molar-refractivity contribution in [3.63, 3.8) is 0 Å². The summed E-state index contributed by atoms with van der Waals surface area (Å²) in [5.41, 5.74) is 2.67. The molecular weight excluding hydrogens is 544 g/mol. The van der Waals surface area contributed by atoms with Gasteiger partial charge in [-0.2, -0.15) is 11.8 Å². The second-order valence-corrected chi connectivity index (χ2v) is 14.1. The smallest absolute Gasteiger partial charge is 0.260 e. The van der Waals surface area contributed by atoms with Crippen molar-refractivity contribution in [1.82, 2.24) is 10.2 Å². The van der Waals surface area contributed by atoms with Crippen LogP contribution in [0.15, 0.2) is 53.4 Å². The Bertz CT molecular complexity index is 1160. The summed E-state index contributed by atoms with van der Waals surface area (Å²) in [6.07, 6.45) is 14.4. The third-order valence-electron chi connectivity index (χ3n) is 8.04. The number of thioether (sulfide) groups is 2. The molecule has 2 aromatic rings. The highest BCUT2D eigenvalue weighted by Crippen LogP contribution is 2.42. The number of amides is 2. The number of benzene rings is 2. The summed E-state index contributed by atoms with van der Waals surface area (Å²) in [7, 11) is 0. The predicted octanol–water partition coefficient (Wildman–Crippen LogP) is 7.95. The molecule has 1 saturated heterocycles. The minimum absolute atomic E-state index is 0.0299. The molecule has 2 aromatic carbocycles. The quantitative estimate of drug-likeness (QED) is 0.241. The Hall–Kier alpha value is -1.89. The van der Waals surface area contributed by atoms with Crippen LogP contribution < -0.4 is 5.32 Å². The zero-order chi connectivity index (χ0) is 27.0. The molecule has 1 aliphatic heterocycles. The molecule has 2 saturated carbocycles. The van der Waals surface area contributed by atoms with E-state index in [0.29, 0.717) is 28.9 Å². The molecule has 4 nitrogen and oxygen atoms in total. The summed E-state index contributed by atoms with van der Waals surface area (Å²) >= 11 is 10.0. The number of carbonyl (C=O) groups excluding carboxylic acids is 2. The molecular formula is C32H39ClN2O2S2. The van der Waals surface area contributed by atoms with E-state index in [4.69, 9.17) is 11.6 Å². The molecule has 2 amide bonds. The van der Waals surface area contributed by atoms with Crippen LogP contribution in [-0.2, 0) is 11.3 Å². The van der Waals surface area contributed by atoms with Crippen molar-refractivity contribution in [3.05, 3.63) is 75.1 Å². The molecule has 2 aliphatic carbocycles. The van der Waals surface area contributed by atoms with Crippen molar-refractivity contribution < 1.29 is 9.59 Å². The number of halogens is 1. The molecule has 7 heteroatoms. The second-order valence-electron chi connectivity index (χ2n) is 10.9. The monoisotopic (exact) mass is 582 g/mol. The fourth-order valence-electron chi connectivity index (χ4n) is 5.93. The summed E-state index contributed by atoms with van der Waals surface area (Å²) < 4.78 is 0. The molecule has 0 spiro atoms. The normalized spacial score (nSPS) is 23.1. The zero-order valence-corrected chi connectivity index (χ0v) is 25.0. The van der Waals surface area contributed by atoms with E-state index in [1.54, 1.807) is 11.8 Å². The third-order valence-corrected chi connectivity index (χ3v) is 11.1. The van der Waals surface area contributed by atoms with E-state index in [2.05, 4.69) is 22.0 Å². The Morgan fingerprint density at radius 3 is 2.59 bits per heavy atom. The minimum atomic E-state index is -0.0299. The van der Waals surface area contributed by atoms with Crippen LogP contribution in [0.5, 0.6) is 0 Å². The second kappa shape index (κ2) is 14.1. The van der Waals surface area contributed by atoms with E-state index < -0.39 is 0 Å². The van der Waals surface area contributed by atoms with Gasteiger partial charge in [0.15, 0.2) is 0 Å². The van der Waals surface area contributed by atoms with Crippen LogP contribution in [0.4, 0.5) is 0 Å². The van der Waals surface area contributed by atoms with Crippen molar-refractivity contribution in [2.75, 3.05) is 12.3 Å². The number of carbonyl (C=O) groups is 2. The number of nitrogens with one attached hydrogen (secondary N) is 1. The molecule has 39 heavy (non-hydrogen) atoms. The van der Waals surface area contributed by atoms with Crippen LogP contribution in [0.1, 0.15) is 85.7 Å². The molecule has 2 unspecified atom stereocenters. The minimum Gasteiger partial charge on any atom is -0.352 e. The van der Waals surface area contributed by atoms with Crippen molar-refractivity contribution in [1.29, 1.82) is 0 Å². The third kappa shape index (κ3) is 7.86. The molecule has 3 aliphatic rings. The van der Waals surface area contributed by atoms with Gasteiger partial charge in [-0.1, -0.05) is 68.0 Å². The average molecular weight is 583 g/mol. The van der Waals surface area contributed by atoms with E-state index >= 15 is 0 Å². The van der Waals surface area contributed by atoms with Gasteiger partial charge in [0.2, 0.25) is 0 Å². The van der Waals surface area contributed by atoms with Gasteiger partial charge in [0.25, 0.3) is 11.8 Å². The fraction of sp³-hybridized carbons (Fsp3) is 0.500. The van der Waals surface area contributed by atoms with E-state index in [1.165, 1.54) is 44.9 Å². The van der Waals surface area contributed by atoms with Gasteiger partial charge in [-0.05, 0) is 79.3 Å². The number of rotatable bonds is 9. The first-order valence-corrected chi connectivity index (χ1v) is 16.8. The molecule has 1 N–H and O–H groups in total. The molecule has 1 heterocycles. The Morgan fingerprint density at radius 1 is 1.03 bits per heavy atom. The fourth-order valence-corrected chi connectivity index (χ4v) is 8.93. The molecule has 5 rings (SSSR count).